The minimum atomic E-state index is -0.445. The Kier molecular flexibility index (Phi) is 4.23. The number of halogens is 2. The lowest BCUT2D eigenvalue weighted by molar-refractivity contribution is 0.628. The molecule has 0 bridgehead atoms. The van der Waals surface area contributed by atoms with Crippen molar-refractivity contribution in [2.75, 3.05) is 12.4 Å². The number of rotatable bonds is 3. The van der Waals surface area contributed by atoms with E-state index in [1.54, 1.807) is 12.1 Å². The Morgan fingerprint density at radius 1 is 1.25 bits per heavy atom. The molecule has 0 aliphatic rings. The Balaban J connectivity index is 2.58. The fourth-order valence-electron chi connectivity index (χ4n) is 2.23. The molecule has 3 nitrogen and oxygen atoms in total. The lowest BCUT2D eigenvalue weighted by Crippen LogP contribution is -2.07. The third-order valence-electron chi connectivity index (χ3n) is 3.13. The predicted molar refractivity (Wildman–Crippen MR) is 80.8 cm³/mol. The highest BCUT2D eigenvalue weighted by molar-refractivity contribution is 6.31. The van der Waals surface area contributed by atoms with Crippen molar-refractivity contribution >= 4 is 17.4 Å². The number of hydrogen-bond donors (Lipinski definition) is 1. The van der Waals surface area contributed by atoms with Gasteiger partial charge in [0, 0.05) is 23.9 Å². The summed E-state index contributed by atoms with van der Waals surface area (Å²) < 4.78 is 13.2. The van der Waals surface area contributed by atoms with Gasteiger partial charge in [0.1, 0.15) is 11.6 Å². The van der Waals surface area contributed by atoms with Crippen LogP contribution in [0, 0.1) is 12.7 Å². The molecule has 0 saturated carbocycles. The van der Waals surface area contributed by atoms with Gasteiger partial charge < -0.3 is 5.32 Å². The first kappa shape index (κ1) is 14.7. The third kappa shape index (κ3) is 2.75. The van der Waals surface area contributed by atoms with Crippen molar-refractivity contribution in [2.24, 2.45) is 0 Å². The summed E-state index contributed by atoms with van der Waals surface area (Å²) in [6.07, 6.45) is 0. The number of nitrogens with zero attached hydrogens (tertiary/aromatic N) is 2. The van der Waals surface area contributed by atoms with Crippen LogP contribution in [0.5, 0.6) is 0 Å². The van der Waals surface area contributed by atoms with Gasteiger partial charge in [-0.05, 0) is 31.0 Å². The molecule has 1 aromatic carbocycles. The molecule has 106 valence electrons. The van der Waals surface area contributed by atoms with Crippen molar-refractivity contribution in [1.82, 2.24) is 9.97 Å². The van der Waals surface area contributed by atoms with Crippen molar-refractivity contribution in [3.63, 3.8) is 0 Å². The van der Waals surface area contributed by atoms with Crippen LogP contribution in [0.2, 0.25) is 5.02 Å². The van der Waals surface area contributed by atoms with Gasteiger partial charge in [0.25, 0.3) is 0 Å². The molecule has 5 heteroatoms. The Hall–Kier alpha value is -1.68. The Morgan fingerprint density at radius 3 is 2.50 bits per heavy atom. The molecule has 0 amide bonds. The van der Waals surface area contributed by atoms with Crippen LogP contribution in [0.1, 0.15) is 31.0 Å². The first-order valence-corrected chi connectivity index (χ1v) is 6.83. The fourth-order valence-corrected chi connectivity index (χ4v) is 2.41. The smallest absolute Gasteiger partial charge is 0.161 e. The van der Waals surface area contributed by atoms with Crippen LogP contribution in [-0.4, -0.2) is 17.0 Å². The highest BCUT2D eigenvalue weighted by Crippen LogP contribution is 2.29. The largest absolute Gasteiger partial charge is 0.373 e. The van der Waals surface area contributed by atoms with E-state index in [9.17, 15) is 4.39 Å². The molecule has 0 saturated heterocycles. The topological polar surface area (TPSA) is 37.8 Å². The number of anilines is 1. The SMILES string of the molecule is CNc1nc(-c2ccc(F)c(Cl)c2)nc(C)c1C(C)C. The molecule has 20 heavy (non-hydrogen) atoms. The summed E-state index contributed by atoms with van der Waals surface area (Å²) in [6, 6.07) is 4.50. The second-order valence-corrected chi connectivity index (χ2v) is 5.34. The summed E-state index contributed by atoms with van der Waals surface area (Å²) in [4.78, 5) is 9.02. The van der Waals surface area contributed by atoms with Crippen molar-refractivity contribution in [1.29, 1.82) is 0 Å². The summed E-state index contributed by atoms with van der Waals surface area (Å²) >= 11 is 5.81. The van der Waals surface area contributed by atoms with Crippen LogP contribution in [0.15, 0.2) is 18.2 Å². The van der Waals surface area contributed by atoms with Gasteiger partial charge in [0.2, 0.25) is 0 Å². The van der Waals surface area contributed by atoms with E-state index in [2.05, 4.69) is 29.1 Å². The average molecular weight is 294 g/mol. The number of aromatic nitrogens is 2. The first-order valence-electron chi connectivity index (χ1n) is 6.45. The van der Waals surface area contributed by atoms with Gasteiger partial charge in [-0.15, -0.1) is 0 Å². The predicted octanol–water partition coefficient (Wildman–Crippen LogP) is 4.41. The lowest BCUT2D eigenvalue weighted by atomic mass is 10.0. The molecule has 1 aromatic heterocycles. The molecule has 1 N–H and O–H groups in total. The minimum absolute atomic E-state index is 0.0719. The molecule has 0 spiro atoms. The molecule has 2 rings (SSSR count). The van der Waals surface area contributed by atoms with E-state index < -0.39 is 5.82 Å². The maximum absolute atomic E-state index is 13.2. The van der Waals surface area contributed by atoms with E-state index >= 15 is 0 Å². The molecule has 0 aliphatic heterocycles. The van der Waals surface area contributed by atoms with Gasteiger partial charge in [-0.3, -0.25) is 0 Å². The average Bonchev–Trinajstić information content (AvgIpc) is 2.40. The number of nitrogens with one attached hydrogen (secondary N) is 1. The molecule has 0 radical (unpaired) electrons. The van der Waals surface area contributed by atoms with Crippen LogP contribution < -0.4 is 5.32 Å². The Labute approximate surface area is 123 Å². The van der Waals surface area contributed by atoms with Gasteiger partial charge in [-0.2, -0.15) is 0 Å². The number of benzene rings is 1. The number of aryl methyl sites for hydroxylation is 1. The van der Waals surface area contributed by atoms with E-state index in [1.807, 2.05) is 14.0 Å². The summed E-state index contributed by atoms with van der Waals surface area (Å²) in [6.45, 7) is 6.15. The maximum atomic E-state index is 13.2. The molecule has 2 aromatic rings. The van der Waals surface area contributed by atoms with Crippen LogP contribution in [0.3, 0.4) is 0 Å². The maximum Gasteiger partial charge on any atom is 0.161 e. The van der Waals surface area contributed by atoms with E-state index in [0.29, 0.717) is 17.3 Å². The van der Waals surface area contributed by atoms with Crippen LogP contribution in [0.4, 0.5) is 10.2 Å². The summed E-state index contributed by atoms with van der Waals surface area (Å²) in [7, 11) is 1.83. The molecular formula is C15H17ClFN3. The van der Waals surface area contributed by atoms with E-state index in [-0.39, 0.29) is 5.02 Å². The zero-order chi connectivity index (χ0) is 14.9. The number of hydrogen-bond acceptors (Lipinski definition) is 3. The highest BCUT2D eigenvalue weighted by atomic mass is 35.5. The van der Waals surface area contributed by atoms with Crippen LogP contribution in [-0.2, 0) is 0 Å². The highest BCUT2D eigenvalue weighted by Gasteiger charge is 2.15. The summed E-state index contributed by atoms with van der Waals surface area (Å²) in [5.41, 5.74) is 2.70. The zero-order valence-electron chi connectivity index (χ0n) is 12.0. The first-order chi connectivity index (χ1) is 9.43. The standard InChI is InChI=1S/C15H17ClFN3/c1-8(2)13-9(3)19-14(20-15(13)18-4)10-5-6-12(17)11(16)7-10/h5-8H,1-4H3,(H,18,19,20). The Bertz CT molecular complexity index is 641. The molecule has 0 unspecified atom stereocenters. The molecule has 0 aliphatic carbocycles. The van der Waals surface area contributed by atoms with E-state index in [1.165, 1.54) is 6.07 Å². The van der Waals surface area contributed by atoms with E-state index in [4.69, 9.17) is 11.6 Å². The molecule has 0 atom stereocenters. The normalized spacial score (nSPS) is 10.9. The zero-order valence-corrected chi connectivity index (χ0v) is 12.7. The molecule has 0 fully saturated rings. The summed E-state index contributed by atoms with van der Waals surface area (Å²) in [5, 5.41) is 3.17. The second kappa shape index (κ2) is 5.75. The quantitative estimate of drug-likeness (QED) is 0.911. The van der Waals surface area contributed by atoms with Gasteiger partial charge in [-0.25, -0.2) is 14.4 Å². The van der Waals surface area contributed by atoms with Gasteiger partial charge in [-0.1, -0.05) is 25.4 Å². The van der Waals surface area contributed by atoms with Gasteiger partial charge >= 0.3 is 0 Å². The van der Waals surface area contributed by atoms with Crippen LogP contribution in [0.25, 0.3) is 11.4 Å². The van der Waals surface area contributed by atoms with Crippen molar-refractivity contribution in [3.05, 3.63) is 40.3 Å². The minimum Gasteiger partial charge on any atom is -0.373 e. The summed E-state index contributed by atoms with van der Waals surface area (Å²) in [5.74, 6) is 1.21. The van der Waals surface area contributed by atoms with Crippen molar-refractivity contribution < 1.29 is 4.39 Å². The van der Waals surface area contributed by atoms with Crippen molar-refractivity contribution in [3.8, 4) is 11.4 Å². The Morgan fingerprint density at radius 2 is 1.95 bits per heavy atom. The van der Waals surface area contributed by atoms with E-state index in [0.717, 1.165) is 17.1 Å². The van der Waals surface area contributed by atoms with Gasteiger partial charge in [0.05, 0.1) is 5.02 Å². The molecular weight excluding hydrogens is 277 g/mol. The fraction of sp³-hybridized carbons (Fsp3) is 0.333. The monoisotopic (exact) mass is 293 g/mol. The molecule has 1 heterocycles. The van der Waals surface area contributed by atoms with Crippen LogP contribution >= 0.6 is 11.6 Å². The van der Waals surface area contributed by atoms with Crippen molar-refractivity contribution in [2.45, 2.75) is 26.7 Å². The van der Waals surface area contributed by atoms with Gasteiger partial charge in [0.15, 0.2) is 5.82 Å². The second-order valence-electron chi connectivity index (χ2n) is 4.93. The lowest BCUT2D eigenvalue weighted by Gasteiger charge is -2.15. The third-order valence-corrected chi connectivity index (χ3v) is 3.42.